The normalized spacial score (nSPS) is 12.8. The van der Waals surface area contributed by atoms with Gasteiger partial charge >= 0.3 is 0 Å². The molecule has 1 heterocycles. The molecule has 122 valence electrons. The average Bonchev–Trinajstić information content (AvgIpc) is 2.55. The predicted octanol–water partition coefficient (Wildman–Crippen LogP) is 4.54. The van der Waals surface area contributed by atoms with E-state index in [0.717, 1.165) is 6.42 Å². The molecule has 0 aliphatic rings. The first-order chi connectivity index (χ1) is 10.2. The zero-order valence-corrected chi connectivity index (χ0v) is 14.7. The topological polar surface area (TPSA) is 38.9 Å². The molecule has 0 bridgehead atoms. The Morgan fingerprint density at radius 1 is 0.957 bits per heavy atom. The van der Waals surface area contributed by atoms with E-state index in [1.807, 2.05) is 12.3 Å². The number of rotatable bonds is 4. The van der Waals surface area contributed by atoms with Crippen LogP contribution in [0.2, 0.25) is 0 Å². The van der Waals surface area contributed by atoms with Crippen molar-refractivity contribution < 1.29 is 0 Å². The molecule has 1 unspecified atom stereocenters. The van der Waals surface area contributed by atoms with Gasteiger partial charge < -0.3 is 5.73 Å². The van der Waals surface area contributed by atoms with E-state index >= 15 is 0 Å². The van der Waals surface area contributed by atoms with Crippen LogP contribution in [0.4, 0.5) is 0 Å². The van der Waals surface area contributed by atoms with Gasteiger partial charge in [-0.3, -0.25) is 4.98 Å². The van der Waals surface area contributed by atoms with Crippen molar-refractivity contribution in [1.82, 2.24) is 4.98 Å². The van der Waals surface area contributed by atoms with E-state index in [0.29, 0.717) is 6.54 Å². The number of pyridine rings is 1. The molecule has 3 aromatic rings. The number of hydrogen-bond acceptors (Lipinski definition) is 2. The summed E-state index contributed by atoms with van der Waals surface area (Å²) in [7, 11) is 0. The van der Waals surface area contributed by atoms with Gasteiger partial charge in [-0.1, -0.05) is 55.5 Å². The van der Waals surface area contributed by atoms with Crippen LogP contribution >= 0.6 is 24.8 Å². The van der Waals surface area contributed by atoms with Gasteiger partial charge in [0.25, 0.3) is 0 Å². The van der Waals surface area contributed by atoms with E-state index in [1.165, 1.54) is 21.9 Å². The first-order valence-corrected chi connectivity index (χ1v) is 7.29. The molecule has 0 fully saturated rings. The van der Waals surface area contributed by atoms with Crippen LogP contribution in [0.15, 0.2) is 67.0 Å². The molecule has 4 heteroatoms. The van der Waals surface area contributed by atoms with Gasteiger partial charge in [-0.2, -0.15) is 0 Å². The maximum Gasteiger partial charge on any atom is 0.0300 e. The van der Waals surface area contributed by atoms with Crippen molar-refractivity contribution in [2.45, 2.75) is 18.8 Å². The fourth-order valence-corrected chi connectivity index (χ4v) is 2.81. The second kappa shape index (κ2) is 8.30. The first kappa shape index (κ1) is 19.4. The molecule has 3 rings (SSSR count). The summed E-state index contributed by atoms with van der Waals surface area (Å²) in [5.74, 6) is 0. The summed E-state index contributed by atoms with van der Waals surface area (Å²) in [5.41, 5.74) is 8.54. The lowest BCUT2D eigenvalue weighted by molar-refractivity contribution is 0.481. The lowest BCUT2D eigenvalue weighted by atomic mass is 9.77. The summed E-state index contributed by atoms with van der Waals surface area (Å²) in [4.78, 5) is 4.21. The van der Waals surface area contributed by atoms with Gasteiger partial charge in [-0.05, 0) is 34.4 Å². The zero-order valence-electron chi connectivity index (χ0n) is 13.1. The second-order valence-corrected chi connectivity index (χ2v) is 5.86. The third-order valence-electron chi connectivity index (χ3n) is 4.21. The molecule has 0 spiro atoms. The molecule has 0 radical (unpaired) electrons. The first-order valence-electron chi connectivity index (χ1n) is 7.29. The van der Waals surface area contributed by atoms with Crippen molar-refractivity contribution in [2.24, 2.45) is 5.73 Å². The van der Waals surface area contributed by atoms with Gasteiger partial charge in [0.15, 0.2) is 0 Å². The van der Waals surface area contributed by atoms with E-state index in [1.54, 1.807) is 6.20 Å². The van der Waals surface area contributed by atoms with E-state index in [-0.39, 0.29) is 30.2 Å². The third kappa shape index (κ3) is 4.23. The maximum absolute atomic E-state index is 6.11. The minimum Gasteiger partial charge on any atom is -0.330 e. The van der Waals surface area contributed by atoms with E-state index in [9.17, 15) is 0 Å². The lowest BCUT2D eigenvalue weighted by Crippen LogP contribution is -2.34. The summed E-state index contributed by atoms with van der Waals surface area (Å²) in [6.45, 7) is 2.84. The number of fused-ring (bicyclic) bond motifs is 1. The van der Waals surface area contributed by atoms with Crippen LogP contribution < -0.4 is 5.73 Å². The Labute approximate surface area is 149 Å². The Balaban J connectivity index is 0.00000132. The van der Waals surface area contributed by atoms with E-state index in [4.69, 9.17) is 5.73 Å². The number of halogens is 2. The second-order valence-electron chi connectivity index (χ2n) is 5.86. The van der Waals surface area contributed by atoms with Gasteiger partial charge in [-0.15, -0.1) is 24.8 Å². The molecular weight excluding hydrogens is 327 g/mol. The molecule has 1 aromatic heterocycles. The predicted molar refractivity (Wildman–Crippen MR) is 103 cm³/mol. The highest BCUT2D eigenvalue weighted by Crippen LogP contribution is 2.29. The minimum absolute atomic E-state index is 0. The van der Waals surface area contributed by atoms with Crippen molar-refractivity contribution in [3.05, 3.63) is 78.1 Å². The Kier molecular flexibility index (Phi) is 7.01. The summed E-state index contributed by atoms with van der Waals surface area (Å²) in [6.07, 6.45) is 4.63. The van der Waals surface area contributed by atoms with Gasteiger partial charge in [0.05, 0.1) is 0 Å². The summed E-state index contributed by atoms with van der Waals surface area (Å²) in [6, 6.07) is 19.2. The molecule has 2 N–H and O–H groups in total. The van der Waals surface area contributed by atoms with E-state index in [2.05, 4.69) is 60.4 Å². The highest BCUT2D eigenvalue weighted by atomic mass is 35.5. The Bertz CT molecular complexity index is 746. The number of nitrogens with zero attached hydrogens (tertiary/aromatic N) is 1. The van der Waals surface area contributed by atoms with Crippen LogP contribution in [0.1, 0.15) is 18.1 Å². The molecule has 0 amide bonds. The molecule has 2 aromatic carbocycles. The van der Waals surface area contributed by atoms with Crippen molar-refractivity contribution in [2.75, 3.05) is 6.54 Å². The minimum atomic E-state index is -0.0763. The van der Waals surface area contributed by atoms with Crippen LogP contribution in [-0.4, -0.2) is 11.5 Å². The number of benzene rings is 2. The van der Waals surface area contributed by atoms with Crippen LogP contribution in [0.25, 0.3) is 10.8 Å². The number of hydrogen-bond donors (Lipinski definition) is 1. The van der Waals surface area contributed by atoms with Crippen LogP contribution in [0, 0.1) is 0 Å². The van der Waals surface area contributed by atoms with Crippen molar-refractivity contribution >= 4 is 35.6 Å². The molecule has 0 aliphatic carbocycles. The van der Waals surface area contributed by atoms with Gasteiger partial charge in [0, 0.05) is 24.4 Å². The molecule has 23 heavy (non-hydrogen) atoms. The highest BCUT2D eigenvalue weighted by Gasteiger charge is 2.25. The fourth-order valence-electron chi connectivity index (χ4n) is 2.81. The van der Waals surface area contributed by atoms with Crippen molar-refractivity contribution in [3.8, 4) is 0 Å². The summed E-state index contributed by atoms with van der Waals surface area (Å²) < 4.78 is 0. The van der Waals surface area contributed by atoms with Crippen LogP contribution in [0.3, 0.4) is 0 Å². The van der Waals surface area contributed by atoms with Gasteiger partial charge in [0.2, 0.25) is 0 Å². The smallest absolute Gasteiger partial charge is 0.0300 e. The molecule has 0 aliphatic heterocycles. The molecular formula is C19H22Cl2N2. The third-order valence-corrected chi connectivity index (χ3v) is 4.21. The van der Waals surface area contributed by atoms with Crippen LogP contribution in [-0.2, 0) is 11.8 Å². The average molecular weight is 349 g/mol. The van der Waals surface area contributed by atoms with Gasteiger partial charge in [0.1, 0.15) is 0 Å². The monoisotopic (exact) mass is 348 g/mol. The Morgan fingerprint density at radius 3 is 2.35 bits per heavy atom. The largest absolute Gasteiger partial charge is 0.330 e. The maximum atomic E-state index is 6.11. The number of aromatic nitrogens is 1. The molecule has 2 nitrogen and oxygen atoms in total. The quantitative estimate of drug-likeness (QED) is 0.751. The standard InChI is InChI=1S/C19H20N2.2ClH/c1-19(14-20,12-15-5-4-10-21-13-15)18-9-8-16-6-2-3-7-17(16)11-18;;/h2-11,13H,12,14,20H2,1H3;2*1H. The SMILES string of the molecule is CC(CN)(Cc1cccnc1)c1ccc2ccccc2c1.Cl.Cl. The van der Waals surface area contributed by atoms with Gasteiger partial charge in [-0.25, -0.2) is 0 Å². The zero-order chi connectivity index (χ0) is 14.7. The van der Waals surface area contributed by atoms with Crippen LogP contribution in [0.5, 0.6) is 0 Å². The Morgan fingerprint density at radius 2 is 1.70 bits per heavy atom. The van der Waals surface area contributed by atoms with Crippen molar-refractivity contribution in [3.63, 3.8) is 0 Å². The number of nitrogens with two attached hydrogens (primary N) is 1. The fraction of sp³-hybridized carbons (Fsp3) is 0.211. The lowest BCUT2D eigenvalue weighted by Gasteiger charge is -2.29. The van der Waals surface area contributed by atoms with Crippen molar-refractivity contribution in [1.29, 1.82) is 0 Å². The molecule has 0 saturated carbocycles. The molecule has 1 atom stereocenters. The highest BCUT2D eigenvalue weighted by molar-refractivity contribution is 5.85. The summed E-state index contributed by atoms with van der Waals surface area (Å²) in [5, 5.41) is 2.53. The molecule has 0 saturated heterocycles. The summed E-state index contributed by atoms with van der Waals surface area (Å²) >= 11 is 0. The Hall–Kier alpha value is -1.61. The van der Waals surface area contributed by atoms with E-state index < -0.39 is 0 Å².